The SMILES string of the molecule is CCC(=O)Oc1ccc2cc(C(=O)NCCc3ccccc3)c(=O)oc2c1. The molecule has 0 radical (unpaired) electrons. The van der Waals surface area contributed by atoms with Crippen LogP contribution in [0.3, 0.4) is 0 Å². The number of benzene rings is 2. The van der Waals surface area contributed by atoms with E-state index in [1.165, 1.54) is 12.1 Å². The number of hydrogen-bond donors (Lipinski definition) is 1. The van der Waals surface area contributed by atoms with E-state index in [9.17, 15) is 14.4 Å². The van der Waals surface area contributed by atoms with Crippen molar-refractivity contribution in [3.8, 4) is 5.75 Å². The van der Waals surface area contributed by atoms with Crippen molar-refractivity contribution in [2.45, 2.75) is 19.8 Å². The summed E-state index contributed by atoms with van der Waals surface area (Å²) < 4.78 is 10.3. The Labute approximate surface area is 155 Å². The van der Waals surface area contributed by atoms with Gasteiger partial charge in [-0.2, -0.15) is 0 Å². The fourth-order valence-electron chi connectivity index (χ4n) is 2.58. The topological polar surface area (TPSA) is 85.6 Å². The fraction of sp³-hybridized carbons (Fsp3) is 0.190. The molecule has 0 aliphatic carbocycles. The smallest absolute Gasteiger partial charge is 0.349 e. The zero-order valence-electron chi connectivity index (χ0n) is 14.9. The summed E-state index contributed by atoms with van der Waals surface area (Å²) in [5.74, 6) is -0.577. The Balaban J connectivity index is 1.73. The Kier molecular flexibility index (Phi) is 5.66. The standard InChI is InChI=1S/C21H19NO5/c1-2-19(23)26-16-9-8-15-12-17(21(25)27-18(15)13-16)20(24)22-11-10-14-6-4-3-5-7-14/h3-9,12-13H,2,10-11H2,1H3,(H,22,24). The third-order valence-corrected chi connectivity index (χ3v) is 4.01. The molecule has 0 atom stereocenters. The number of fused-ring (bicyclic) bond motifs is 1. The Morgan fingerprint density at radius 1 is 1.07 bits per heavy atom. The van der Waals surface area contributed by atoms with Crippen LogP contribution in [-0.4, -0.2) is 18.4 Å². The number of hydrogen-bond acceptors (Lipinski definition) is 5. The van der Waals surface area contributed by atoms with Crippen LogP contribution in [0.25, 0.3) is 11.0 Å². The second-order valence-corrected chi connectivity index (χ2v) is 5.97. The number of nitrogens with one attached hydrogen (secondary N) is 1. The minimum Gasteiger partial charge on any atom is -0.426 e. The van der Waals surface area contributed by atoms with Crippen molar-refractivity contribution in [3.05, 3.63) is 76.1 Å². The summed E-state index contributed by atoms with van der Waals surface area (Å²) in [7, 11) is 0. The van der Waals surface area contributed by atoms with Crippen LogP contribution in [0.15, 0.2) is 63.8 Å². The third-order valence-electron chi connectivity index (χ3n) is 4.01. The van der Waals surface area contributed by atoms with E-state index in [1.54, 1.807) is 19.1 Å². The number of carbonyl (C=O) groups is 2. The van der Waals surface area contributed by atoms with Gasteiger partial charge in [0.1, 0.15) is 16.9 Å². The lowest BCUT2D eigenvalue weighted by Crippen LogP contribution is -2.29. The van der Waals surface area contributed by atoms with Crippen LogP contribution in [-0.2, 0) is 11.2 Å². The van der Waals surface area contributed by atoms with Crippen molar-refractivity contribution >= 4 is 22.8 Å². The zero-order valence-corrected chi connectivity index (χ0v) is 14.9. The molecule has 6 heteroatoms. The number of amides is 1. The summed E-state index contributed by atoms with van der Waals surface area (Å²) in [6, 6.07) is 15.9. The number of rotatable bonds is 6. The lowest BCUT2D eigenvalue weighted by Gasteiger charge is -2.07. The van der Waals surface area contributed by atoms with E-state index in [1.807, 2.05) is 30.3 Å². The van der Waals surface area contributed by atoms with E-state index in [0.29, 0.717) is 18.4 Å². The predicted octanol–water partition coefficient (Wildman–Crippen LogP) is 3.08. The molecule has 1 N–H and O–H groups in total. The molecule has 0 fully saturated rings. The highest BCUT2D eigenvalue weighted by molar-refractivity contribution is 5.96. The maximum atomic E-state index is 12.3. The molecular formula is C21H19NO5. The van der Waals surface area contributed by atoms with Crippen molar-refractivity contribution in [2.24, 2.45) is 0 Å². The maximum absolute atomic E-state index is 12.3. The van der Waals surface area contributed by atoms with Gasteiger partial charge >= 0.3 is 11.6 Å². The second kappa shape index (κ2) is 8.31. The normalized spacial score (nSPS) is 10.6. The summed E-state index contributed by atoms with van der Waals surface area (Å²) in [6.45, 7) is 2.10. The van der Waals surface area contributed by atoms with Gasteiger partial charge in [-0.05, 0) is 30.2 Å². The van der Waals surface area contributed by atoms with E-state index in [2.05, 4.69) is 5.32 Å². The Bertz CT molecular complexity index is 1020. The molecule has 138 valence electrons. The molecule has 6 nitrogen and oxygen atoms in total. The van der Waals surface area contributed by atoms with Crippen molar-refractivity contribution in [1.82, 2.24) is 5.32 Å². The quantitative estimate of drug-likeness (QED) is 0.412. The summed E-state index contributed by atoms with van der Waals surface area (Å²) in [6.07, 6.45) is 0.904. The molecule has 1 amide bonds. The largest absolute Gasteiger partial charge is 0.426 e. The fourth-order valence-corrected chi connectivity index (χ4v) is 2.58. The Morgan fingerprint density at radius 3 is 2.59 bits per heavy atom. The number of ether oxygens (including phenoxy) is 1. The number of esters is 1. The Morgan fingerprint density at radius 2 is 1.85 bits per heavy atom. The highest BCUT2D eigenvalue weighted by atomic mass is 16.5. The van der Waals surface area contributed by atoms with Gasteiger partial charge in [0.2, 0.25) is 0 Å². The van der Waals surface area contributed by atoms with Crippen LogP contribution >= 0.6 is 0 Å². The van der Waals surface area contributed by atoms with Crippen LogP contribution in [0.2, 0.25) is 0 Å². The maximum Gasteiger partial charge on any atom is 0.349 e. The van der Waals surface area contributed by atoms with Crippen LogP contribution < -0.4 is 15.7 Å². The summed E-state index contributed by atoms with van der Waals surface area (Å²) >= 11 is 0. The van der Waals surface area contributed by atoms with E-state index in [0.717, 1.165) is 5.56 Å². The summed E-state index contributed by atoms with van der Waals surface area (Å²) in [4.78, 5) is 35.8. The molecule has 0 saturated carbocycles. The van der Waals surface area contributed by atoms with Gasteiger partial charge in [0.25, 0.3) is 5.91 Å². The van der Waals surface area contributed by atoms with Crippen LogP contribution in [0.5, 0.6) is 5.75 Å². The zero-order chi connectivity index (χ0) is 19.2. The van der Waals surface area contributed by atoms with E-state index in [4.69, 9.17) is 9.15 Å². The molecule has 0 unspecified atom stereocenters. The lowest BCUT2D eigenvalue weighted by molar-refractivity contribution is -0.134. The molecule has 3 aromatic rings. The number of carbonyl (C=O) groups excluding carboxylic acids is 2. The summed E-state index contributed by atoms with van der Waals surface area (Å²) in [5.41, 5.74) is 0.548. The first-order chi connectivity index (χ1) is 13.1. The van der Waals surface area contributed by atoms with E-state index in [-0.39, 0.29) is 29.3 Å². The minimum absolute atomic E-state index is 0.0612. The first kappa shape index (κ1) is 18.4. The first-order valence-corrected chi connectivity index (χ1v) is 8.67. The van der Waals surface area contributed by atoms with Gasteiger partial charge in [0.05, 0.1) is 0 Å². The van der Waals surface area contributed by atoms with E-state index < -0.39 is 11.5 Å². The third kappa shape index (κ3) is 4.61. The van der Waals surface area contributed by atoms with Gasteiger partial charge in [0.15, 0.2) is 0 Å². The van der Waals surface area contributed by atoms with Gasteiger partial charge in [-0.1, -0.05) is 37.3 Å². The molecule has 1 aromatic heterocycles. The predicted molar refractivity (Wildman–Crippen MR) is 101 cm³/mol. The van der Waals surface area contributed by atoms with E-state index >= 15 is 0 Å². The van der Waals surface area contributed by atoms with Crippen LogP contribution in [0.1, 0.15) is 29.3 Å². The van der Waals surface area contributed by atoms with Crippen LogP contribution in [0.4, 0.5) is 0 Å². The van der Waals surface area contributed by atoms with Gasteiger partial charge in [-0.15, -0.1) is 0 Å². The lowest BCUT2D eigenvalue weighted by atomic mass is 10.1. The van der Waals surface area contributed by atoms with Crippen molar-refractivity contribution < 1.29 is 18.7 Å². The monoisotopic (exact) mass is 365 g/mol. The molecule has 0 aliphatic rings. The average Bonchev–Trinajstić information content (AvgIpc) is 2.68. The molecule has 0 spiro atoms. The molecule has 0 saturated heterocycles. The highest BCUT2D eigenvalue weighted by Crippen LogP contribution is 2.21. The van der Waals surface area contributed by atoms with Gasteiger partial charge in [-0.25, -0.2) is 4.79 Å². The van der Waals surface area contributed by atoms with Crippen LogP contribution in [0, 0.1) is 0 Å². The molecule has 3 rings (SSSR count). The van der Waals surface area contributed by atoms with Gasteiger partial charge < -0.3 is 14.5 Å². The van der Waals surface area contributed by atoms with Gasteiger partial charge in [0, 0.05) is 24.4 Å². The average molecular weight is 365 g/mol. The van der Waals surface area contributed by atoms with Crippen molar-refractivity contribution in [3.63, 3.8) is 0 Å². The molecule has 2 aromatic carbocycles. The van der Waals surface area contributed by atoms with Crippen molar-refractivity contribution in [2.75, 3.05) is 6.54 Å². The Hall–Kier alpha value is -3.41. The summed E-state index contributed by atoms with van der Waals surface area (Å²) in [5, 5.41) is 3.30. The molecule has 27 heavy (non-hydrogen) atoms. The second-order valence-electron chi connectivity index (χ2n) is 5.97. The van der Waals surface area contributed by atoms with Crippen molar-refractivity contribution in [1.29, 1.82) is 0 Å². The highest BCUT2D eigenvalue weighted by Gasteiger charge is 2.14. The minimum atomic E-state index is -0.737. The molecule has 0 bridgehead atoms. The molecular weight excluding hydrogens is 346 g/mol. The first-order valence-electron chi connectivity index (χ1n) is 8.67. The molecule has 0 aliphatic heterocycles. The van der Waals surface area contributed by atoms with Gasteiger partial charge in [-0.3, -0.25) is 9.59 Å². The molecule has 1 heterocycles.